The second kappa shape index (κ2) is 8.89. The Morgan fingerprint density at radius 3 is 2.71 bits per heavy atom. The molecule has 2 aliphatic rings. The average molecular weight is 392 g/mol. The lowest BCUT2D eigenvalue weighted by molar-refractivity contribution is -0.155. The first kappa shape index (κ1) is 20.6. The second-order valence-corrected chi connectivity index (χ2v) is 7.29. The number of hydrogen-bond acceptors (Lipinski definition) is 6. The van der Waals surface area contributed by atoms with E-state index < -0.39 is 11.3 Å². The van der Waals surface area contributed by atoms with Crippen LogP contribution in [0, 0.1) is 5.41 Å². The van der Waals surface area contributed by atoms with Crippen molar-refractivity contribution in [3.63, 3.8) is 0 Å². The zero-order valence-electron chi connectivity index (χ0n) is 16.4. The number of fused-ring (bicyclic) bond motifs is 1. The molecular weight excluding hydrogens is 364 g/mol. The number of carbonyl (C=O) groups is 2. The average Bonchev–Trinajstić information content (AvgIpc) is 2.91. The highest BCUT2D eigenvalue weighted by atomic mass is 16.5. The van der Waals surface area contributed by atoms with Crippen LogP contribution in [0.3, 0.4) is 0 Å². The minimum atomic E-state index is -0.599. The molecule has 3 rings (SSSR count). The van der Waals surface area contributed by atoms with E-state index in [-0.39, 0.29) is 11.9 Å². The van der Waals surface area contributed by atoms with Crippen molar-refractivity contribution in [1.29, 1.82) is 0 Å². The normalized spacial score (nSPS) is 21.2. The third-order valence-corrected chi connectivity index (χ3v) is 5.67. The van der Waals surface area contributed by atoms with Crippen molar-refractivity contribution in [1.82, 2.24) is 10.4 Å². The van der Waals surface area contributed by atoms with Gasteiger partial charge in [-0.1, -0.05) is 13.0 Å². The largest absolute Gasteiger partial charge is 0.491 e. The van der Waals surface area contributed by atoms with Crippen molar-refractivity contribution in [2.75, 3.05) is 40.1 Å². The minimum Gasteiger partial charge on any atom is -0.491 e. The van der Waals surface area contributed by atoms with Gasteiger partial charge < -0.3 is 19.1 Å². The third kappa shape index (κ3) is 3.85. The second-order valence-electron chi connectivity index (χ2n) is 7.29. The summed E-state index contributed by atoms with van der Waals surface area (Å²) in [5.74, 6) is 0.0343. The monoisotopic (exact) mass is 392 g/mol. The molecule has 0 radical (unpaired) electrons. The van der Waals surface area contributed by atoms with Gasteiger partial charge in [0.2, 0.25) is 5.91 Å². The van der Waals surface area contributed by atoms with E-state index in [1.807, 2.05) is 11.8 Å². The van der Waals surface area contributed by atoms with Crippen LogP contribution in [-0.4, -0.2) is 62.0 Å². The molecule has 1 aromatic rings. The van der Waals surface area contributed by atoms with Crippen LogP contribution in [0.4, 0.5) is 0 Å². The Kier molecular flexibility index (Phi) is 6.53. The van der Waals surface area contributed by atoms with Crippen molar-refractivity contribution in [2.45, 2.75) is 32.2 Å². The van der Waals surface area contributed by atoms with E-state index in [9.17, 15) is 9.59 Å². The standard InChI is InChI=1S/C20H28N2O6/c1-3-16-15-5-4-14(18(23)21-25)12-17(15)28-11-8-22(16)19(24)20(13-26-2)6-9-27-10-7-20/h4-5,12,16,25H,3,6-11,13H2,1-2H3,(H,21,23). The van der Waals surface area contributed by atoms with Gasteiger partial charge in [0.15, 0.2) is 0 Å². The number of ether oxygens (including phenoxy) is 3. The topological polar surface area (TPSA) is 97.3 Å². The molecule has 1 fully saturated rings. The number of rotatable bonds is 5. The predicted octanol–water partition coefficient (Wildman–Crippen LogP) is 1.92. The molecule has 2 heterocycles. The highest BCUT2D eigenvalue weighted by Gasteiger charge is 2.45. The summed E-state index contributed by atoms with van der Waals surface area (Å²) in [6.07, 6.45) is 1.99. The molecule has 8 heteroatoms. The van der Waals surface area contributed by atoms with Crippen LogP contribution in [0.15, 0.2) is 18.2 Å². The van der Waals surface area contributed by atoms with Crippen LogP contribution in [0.25, 0.3) is 0 Å². The molecular formula is C20H28N2O6. The summed E-state index contributed by atoms with van der Waals surface area (Å²) in [5.41, 5.74) is 2.22. The molecule has 8 nitrogen and oxygen atoms in total. The molecule has 0 saturated carbocycles. The Bertz CT molecular complexity index is 711. The van der Waals surface area contributed by atoms with Gasteiger partial charge in [-0.3, -0.25) is 14.8 Å². The minimum absolute atomic E-state index is 0.0677. The van der Waals surface area contributed by atoms with Gasteiger partial charge in [0.25, 0.3) is 5.91 Å². The van der Waals surface area contributed by atoms with Gasteiger partial charge in [-0.25, -0.2) is 5.48 Å². The van der Waals surface area contributed by atoms with Gasteiger partial charge in [-0.15, -0.1) is 0 Å². The van der Waals surface area contributed by atoms with Crippen molar-refractivity contribution in [2.24, 2.45) is 5.41 Å². The van der Waals surface area contributed by atoms with E-state index in [2.05, 4.69) is 0 Å². The van der Waals surface area contributed by atoms with E-state index in [1.54, 1.807) is 30.8 Å². The highest BCUT2D eigenvalue weighted by molar-refractivity contribution is 5.94. The quantitative estimate of drug-likeness (QED) is 0.587. The van der Waals surface area contributed by atoms with Crippen LogP contribution in [-0.2, 0) is 14.3 Å². The maximum atomic E-state index is 13.7. The lowest BCUT2D eigenvalue weighted by atomic mass is 9.79. The first-order valence-electron chi connectivity index (χ1n) is 9.65. The van der Waals surface area contributed by atoms with Crippen LogP contribution >= 0.6 is 0 Å². The maximum Gasteiger partial charge on any atom is 0.274 e. The van der Waals surface area contributed by atoms with Crippen LogP contribution < -0.4 is 10.2 Å². The number of nitrogens with zero attached hydrogens (tertiary/aromatic N) is 1. The molecule has 28 heavy (non-hydrogen) atoms. The number of carbonyl (C=O) groups excluding carboxylic acids is 2. The molecule has 2 N–H and O–H groups in total. The van der Waals surface area contributed by atoms with Crippen molar-refractivity contribution in [3.05, 3.63) is 29.3 Å². The fourth-order valence-corrected chi connectivity index (χ4v) is 4.16. The zero-order chi connectivity index (χ0) is 20.1. The SMILES string of the molecule is CCC1c2ccc(C(=O)NO)cc2OCCN1C(=O)C1(COC)CCOCC1. The van der Waals surface area contributed by atoms with Crippen molar-refractivity contribution >= 4 is 11.8 Å². The van der Waals surface area contributed by atoms with Crippen LogP contribution in [0.2, 0.25) is 0 Å². The van der Waals surface area contributed by atoms with E-state index in [4.69, 9.17) is 19.4 Å². The Morgan fingerprint density at radius 1 is 1.32 bits per heavy atom. The number of benzene rings is 1. The molecule has 0 bridgehead atoms. The number of hydroxylamine groups is 1. The zero-order valence-corrected chi connectivity index (χ0v) is 16.4. The summed E-state index contributed by atoms with van der Waals surface area (Å²) < 4.78 is 16.8. The van der Waals surface area contributed by atoms with E-state index in [1.165, 1.54) is 0 Å². The van der Waals surface area contributed by atoms with E-state index in [0.717, 1.165) is 5.56 Å². The van der Waals surface area contributed by atoms with Crippen LogP contribution in [0.1, 0.15) is 48.1 Å². The molecule has 0 aliphatic carbocycles. The summed E-state index contributed by atoms with van der Waals surface area (Å²) in [7, 11) is 1.62. The molecule has 1 aromatic carbocycles. The lowest BCUT2D eigenvalue weighted by Crippen LogP contribution is -2.51. The number of nitrogens with one attached hydrogen (secondary N) is 1. The van der Waals surface area contributed by atoms with Crippen molar-refractivity contribution in [3.8, 4) is 5.75 Å². The Morgan fingerprint density at radius 2 is 2.07 bits per heavy atom. The summed E-state index contributed by atoms with van der Waals surface area (Å²) in [6.45, 7) is 4.28. The molecule has 1 atom stereocenters. The molecule has 2 amide bonds. The third-order valence-electron chi connectivity index (χ3n) is 5.67. The van der Waals surface area contributed by atoms with Crippen LogP contribution in [0.5, 0.6) is 5.75 Å². The molecule has 0 spiro atoms. The number of hydrogen-bond donors (Lipinski definition) is 2. The summed E-state index contributed by atoms with van der Waals surface area (Å²) >= 11 is 0. The summed E-state index contributed by atoms with van der Waals surface area (Å²) in [6, 6.07) is 4.88. The van der Waals surface area contributed by atoms with Gasteiger partial charge in [-0.2, -0.15) is 0 Å². The Labute approximate surface area is 164 Å². The molecule has 2 aliphatic heterocycles. The maximum absolute atomic E-state index is 13.7. The molecule has 154 valence electrons. The summed E-state index contributed by atoms with van der Waals surface area (Å²) in [4.78, 5) is 27.3. The smallest absolute Gasteiger partial charge is 0.274 e. The van der Waals surface area contributed by atoms with Gasteiger partial charge >= 0.3 is 0 Å². The fraction of sp³-hybridized carbons (Fsp3) is 0.600. The summed E-state index contributed by atoms with van der Waals surface area (Å²) in [5, 5.41) is 8.87. The molecule has 1 unspecified atom stereocenters. The lowest BCUT2D eigenvalue weighted by Gasteiger charge is -2.41. The number of amides is 2. The highest BCUT2D eigenvalue weighted by Crippen LogP contribution is 2.40. The van der Waals surface area contributed by atoms with E-state index in [0.29, 0.717) is 63.5 Å². The van der Waals surface area contributed by atoms with E-state index >= 15 is 0 Å². The fourth-order valence-electron chi connectivity index (χ4n) is 4.16. The molecule has 1 saturated heterocycles. The first-order valence-corrected chi connectivity index (χ1v) is 9.65. The Hall–Kier alpha value is -2.16. The molecule has 0 aromatic heterocycles. The van der Waals surface area contributed by atoms with Gasteiger partial charge in [0.1, 0.15) is 12.4 Å². The van der Waals surface area contributed by atoms with Gasteiger partial charge in [0.05, 0.1) is 24.6 Å². The van der Waals surface area contributed by atoms with Gasteiger partial charge in [0, 0.05) is 31.5 Å². The first-order chi connectivity index (χ1) is 13.6. The predicted molar refractivity (Wildman–Crippen MR) is 100 cm³/mol. The number of methoxy groups -OCH3 is 1. The van der Waals surface area contributed by atoms with Gasteiger partial charge in [-0.05, 0) is 31.4 Å². The Balaban J connectivity index is 1.94. The van der Waals surface area contributed by atoms with Crippen molar-refractivity contribution < 1.29 is 29.0 Å².